The molecule has 0 amide bonds. The fourth-order valence-corrected chi connectivity index (χ4v) is 2.70. The van der Waals surface area contributed by atoms with E-state index in [0.29, 0.717) is 0 Å². The Morgan fingerprint density at radius 3 is 2.70 bits per heavy atom. The van der Waals surface area contributed by atoms with Gasteiger partial charge in [-0.2, -0.15) is 0 Å². The minimum atomic E-state index is 0.168. The molecule has 2 aromatic rings. The Labute approximate surface area is 122 Å². The molecule has 0 unspecified atom stereocenters. The number of aromatic amines is 1. The number of nitrogens with one attached hydrogen (secondary N) is 1. The Bertz CT molecular complexity index is 542. The number of hydrogen-bond acceptors (Lipinski definition) is 2. The molecule has 20 heavy (non-hydrogen) atoms. The zero-order chi connectivity index (χ0) is 14.6. The summed E-state index contributed by atoms with van der Waals surface area (Å²) in [5.41, 5.74) is 8.65. The van der Waals surface area contributed by atoms with E-state index >= 15 is 0 Å². The monoisotopic (exact) mass is 273 g/mol. The molecule has 0 saturated carbocycles. The van der Waals surface area contributed by atoms with Crippen molar-refractivity contribution < 1.29 is 0 Å². The quantitative estimate of drug-likeness (QED) is 0.812. The van der Waals surface area contributed by atoms with Crippen LogP contribution in [-0.2, 0) is 6.54 Å². The van der Waals surface area contributed by atoms with Crippen LogP contribution < -0.4 is 5.73 Å². The molecule has 0 bridgehead atoms. The first kappa shape index (κ1) is 15.1. The third kappa shape index (κ3) is 3.62. The molecular weight excluding hydrogens is 246 g/mol. The average molecular weight is 273 g/mol. The molecule has 0 radical (unpaired) electrons. The summed E-state index contributed by atoms with van der Waals surface area (Å²) in [5.74, 6) is 0. The van der Waals surface area contributed by atoms with E-state index < -0.39 is 0 Å². The van der Waals surface area contributed by atoms with E-state index in [2.05, 4.69) is 61.1 Å². The third-order valence-corrected chi connectivity index (χ3v) is 3.81. The van der Waals surface area contributed by atoms with E-state index in [1.54, 1.807) is 0 Å². The van der Waals surface area contributed by atoms with Crippen molar-refractivity contribution in [2.24, 2.45) is 11.1 Å². The van der Waals surface area contributed by atoms with Crippen molar-refractivity contribution in [1.82, 2.24) is 9.88 Å². The van der Waals surface area contributed by atoms with E-state index in [0.717, 1.165) is 26.2 Å². The number of rotatable bonds is 7. The number of aromatic nitrogens is 1. The highest BCUT2D eigenvalue weighted by Gasteiger charge is 2.20. The van der Waals surface area contributed by atoms with E-state index in [1.165, 1.54) is 22.9 Å². The molecule has 1 heterocycles. The summed E-state index contributed by atoms with van der Waals surface area (Å²) in [6.45, 7) is 10.6. The minimum absolute atomic E-state index is 0.168. The van der Waals surface area contributed by atoms with Gasteiger partial charge in [0.1, 0.15) is 0 Å². The van der Waals surface area contributed by atoms with Crippen LogP contribution in [-0.4, -0.2) is 29.5 Å². The van der Waals surface area contributed by atoms with Crippen LogP contribution in [0.2, 0.25) is 0 Å². The van der Waals surface area contributed by atoms with Gasteiger partial charge in [0.15, 0.2) is 0 Å². The van der Waals surface area contributed by atoms with Crippen LogP contribution in [0, 0.1) is 5.41 Å². The van der Waals surface area contributed by atoms with Crippen molar-refractivity contribution >= 4 is 10.9 Å². The molecule has 3 N–H and O–H groups in total. The van der Waals surface area contributed by atoms with Crippen molar-refractivity contribution in [3.05, 3.63) is 36.0 Å². The third-order valence-electron chi connectivity index (χ3n) is 3.81. The molecule has 0 aliphatic heterocycles. The predicted molar refractivity (Wildman–Crippen MR) is 86.7 cm³/mol. The summed E-state index contributed by atoms with van der Waals surface area (Å²) >= 11 is 0. The molecule has 3 nitrogen and oxygen atoms in total. The van der Waals surface area contributed by atoms with E-state index in [9.17, 15) is 0 Å². The Kier molecular flexibility index (Phi) is 4.84. The van der Waals surface area contributed by atoms with Gasteiger partial charge in [0.25, 0.3) is 0 Å². The zero-order valence-electron chi connectivity index (χ0n) is 12.9. The van der Waals surface area contributed by atoms with E-state index in [1.807, 2.05) is 0 Å². The summed E-state index contributed by atoms with van der Waals surface area (Å²) < 4.78 is 0. The second-order valence-corrected chi connectivity index (χ2v) is 6.44. The number of benzene rings is 1. The molecule has 3 heteroatoms. The zero-order valence-corrected chi connectivity index (χ0v) is 12.9. The Morgan fingerprint density at radius 1 is 1.25 bits per heavy atom. The van der Waals surface area contributed by atoms with E-state index in [4.69, 9.17) is 5.73 Å². The lowest BCUT2D eigenvalue weighted by atomic mass is 9.93. The van der Waals surface area contributed by atoms with Crippen molar-refractivity contribution in [3.63, 3.8) is 0 Å². The highest BCUT2D eigenvalue weighted by molar-refractivity contribution is 5.82. The summed E-state index contributed by atoms with van der Waals surface area (Å²) in [5, 5.41) is 1.33. The first-order valence-corrected chi connectivity index (χ1v) is 7.53. The summed E-state index contributed by atoms with van der Waals surface area (Å²) in [6.07, 6.45) is 3.31. The Morgan fingerprint density at radius 2 is 2.00 bits per heavy atom. The molecule has 0 aliphatic carbocycles. The number of nitrogens with two attached hydrogens (primary N) is 1. The Hall–Kier alpha value is -1.32. The van der Waals surface area contributed by atoms with Gasteiger partial charge >= 0.3 is 0 Å². The van der Waals surface area contributed by atoms with Gasteiger partial charge in [0.05, 0.1) is 0 Å². The highest BCUT2D eigenvalue weighted by Crippen LogP contribution is 2.22. The van der Waals surface area contributed by atoms with Gasteiger partial charge in [0.2, 0.25) is 0 Å². The van der Waals surface area contributed by atoms with Crippen molar-refractivity contribution in [3.8, 4) is 0 Å². The van der Waals surface area contributed by atoms with Crippen LogP contribution in [0.5, 0.6) is 0 Å². The van der Waals surface area contributed by atoms with Crippen molar-refractivity contribution in [2.45, 2.75) is 33.7 Å². The van der Waals surface area contributed by atoms with Crippen LogP contribution >= 0.6 is 0 Å². The standard InChI is InChI=1S/C17H27N3/c1-4-9-20(13-17(2,3)12-18)11-14-10-19-16-8-6-5-7-15(14)16/h5-8,10,19H,4,9,11-13,18H2,1-3H3. The first-order valence-electron chi connectivity index (χ1n) is 7.53. The second kappa shape index (κ2) is 6.42. The number of nitrogens with zero attached hydrogens (tertiary/aromatic N) is 1. The summed E-state index contributed by atoms with van der Waals surface area (Å²) in [7, 11) is 0. The molecule has 1 aromatic carbocycles. The molecular formula is C17H27N3. The van der Waals surface area contributed by atoms with Crippen LogP contribution in [0.25, 0.3) is 10.9 Å². The smallest absolute Gasteiger partial charge is 0.0457 e. The maximum atomic E-state index is 5.88. The minimum Gasteiger partial charge on any atom is -0.361 e. The van der Waals surface area contributed by atoms with Gasteiger partial charge in [-0.1, -0.05) is 39.0 Å². The maximum Gasteiger partial charge on any atom is 0.0457 e. The van der Waals surface area contributed by atoms with Gasteiger partial charge in [0, 0.05) is 30.2 Å². The number of hydrogen-bond donors (Lipinski definition) is 2. The van der Waals surface area contributed by atoms with Crippen LogP contribution in [0.3, 0.4) is 0 Å². The van der Waals surface area contributed by atoms with Gasteiger partial charge in [-0.25, -0.2) is 0 Å². The highest BCUT2D eigenvalue weighted by atomic mass is 15.1. The molecule has 0 aliphatic rings. The molecule has 0 atom stereocenters. The topological polar surface area (TPSA) is 45.0 Å². The van der Waals surface area contributed by atoms with Gasteiger partial charge in [-0.15, -0.1) is 0 Å². The molecule has 0 spiro atoms. The van der Waals surface area contributed by atoms with Crippen molar-refractivity contribution in [2.75, 3.05) is 19.6 Å². The number of para-hydroxylation sites is 1. The normalized spacial score (nSPS) is 12.4. The predicted octanol–water partition coefficient (Wildman–Crippen LogP) is 3.36. The first-order chi connectivity index (χ1) is 9.55. The largest absolute Gasteiger partial charge is 0.361 e. The number of fused-ring (bicyclic) bond motifs is 1. The molecule has 110 valence electrons. The van der Waals surface area contributed by atoms with Crippen LogP contribution in [0.15, 0.2) is 30.5 Å². The van der Waals surface area contributed by atoms with E-state index in [-0.39, 0.29) is 5.41 Å². The molecule has 1 aromatic heterocycles. The fourth-order valence-electron chi connectivity index (χ4n) is 2.70. The lowest BCUT2D eigenvalue weighted by Crippen LogP contribution is -2.38. The lowest BCUT2D eigenvalue weighted by Gasteiger charge is -2.31. The lowest BCUT2D eigenvalue weighted by molar-refractivity contribution is 0.176. The van der Waals surface area contributed by atoms with Crippen LogP contribution in [0.4, 0.5) is 0 Å². The van der Waals surface area contributed by atoms with Gasteiger partial charge in [-0.3, -0.25) is 4.90 Å². The van der Waals surface area contributed by atoms with Crippen LogP contribution in [0.1, 0.15) is 32.8 Å². The maximum absolute atomic E-state index is 5.88. The Balaban J connectivity index is 2.15. The SMILES string of the molecule is CCCN(Cc1c[nH]c2ccccc12)CC(C)(C)CN. The van der Waals surface area contributed by atoms with Crippen molar-refractivity contribution in [1.29, 1.82) is 0 Å². The van der Waals surface area contributed by atoms with Gasteiger partial charge < -0.3 is 10.7 Å². The summed E-state index contributed by atoms with van der Waals surface area (Å²) in [4.78, 5) is 5.88. The fraction of sp³-hybridized carbons (Fsp3) is 0.529. The number of H-pyrrole nitrogens is 1. The molecule has 0 saturated heterocycles. The molecule has 2 rings (SSSR count). The van der Waals surface area contributed by atoms with Gasteiger partial charge in [-0.05, 0) is 36.6 Å². The second-order valence-electron chi connectivity index (χ2n) is 6.44. The average Bonchev–Trinajstić information content (AvgIpc) is 2.82. The summed E-state index contributed by atoms with van der Waals surface area (Å²) in [6, 6.07) is 8.50. The molecule has 0 fully saturated rings.